The molecule has 0 heterocycles. The summed E-state index contributed by atoms with van der Waals surface area (Å²) in [6.07, 6.45) is -0.362. The molecule has 0 saturated heterocycles. The van der Waals surface area contributed by atoms with Gasteiger partial charge >= 0.3 is 0 Å². The van der Waals surface area contributed by atoms with E-state index in [-0.39, 0.29) is 11.9 Å². The number of aryl methyl sites for hydroxylation is 3. The third-order valence-corrected chi connectivity index (χ3v) is 4.33. The van der Waals surface area contributed by atoms with Crippen LogP contribution in [0.2, 0.25) is 0 Å². The van der Waals surface area contributed by atoms with E-state index in [4.69, 9.17) is 4.52 Å². The Kier molecular flexibility index (Phi) is 5.33. The zero-order chi connectivity index (χ0) is 16.3. The fourth-order valence-electron chi connectivity index (χ4n) is 2.89. The summed E-state index contributed by atoms with van der Waals surface area (Å²) in [6, 6.07) is 11.4. The molecule has 0 aliphatic rings. The number of ketones is 1. The van der Waals surface area contributed by atoms with Gasteiger partial charge in [0.05, 0.1) is 6.10 Å². The van der Waals surface area contributed by atoms with E-state index < -0.39 is 8.69 Å². The Morgan fingerprint density at radius 2 is 1.68 bits per heavy atom. The van der Waals surface area contributed by atoms with Crippen LogP contribution in [0.5, 0.6) is 0 Å². The zero-order valence-corrected chi connectivity index (χ0v) is 14.5. The summed E-state index contributed by atoms with van der Waals surface area (Å²) >= 11 is 0. The Morgan fingerprint density at radius 1 is 1.09 bits per heavy atom. The molecule has 2 aromatic rings. The highest BCUT2D eigenvalue weighted by Crippen LogP contribution is 2.28. The predicted octanol–water partition coefficient (Wildman–Crippen LogP) is 4.59. The van der Waals surface area contributed by atoms with Crippen molar-refractivity contribution in [2.75, 3.05) is 0 Å². The minimum atomic E-state index is -1.31. The molecular formula is C18H21O3P. The molecule has 2 unspecified atom stereocenters. The third kappa shape index (κ3) is 3.37. The van der Waals surface area contributed by atoms with Crippen LogP contribution in [0.15, 0.2) is 36.4 Å². The molecule has 0 N–H and O–H groups in total. The maximum absolute atomic E-state index is 13.0. The second-order valence-corrected chi connectivity index (χ2v) is 6.03. The number of benzene rings is 2. The van der Waals surface area contributed by atoms with Gasteiger partial charge in [-0.05, 0) is 44.4 Å². The number of carbonyl (C=O) groups is 1. The van der Waals surface area contributed by atoms with Crippen molar-refractivity contribution in [2.24, 2.45) is 0 Å². The van der Waals surface area contributed by atoms with Crippen molar-refractivity contribution in [3.8, 4) is 0 Å². The number of hydrogen-bond acceptors (Lipinski definition) is 3. The standard InChI is InChI=1S/C18H21O3P/c1-11-9-12(2)17(13(3)10-11)18(19)16-8-6-5-7-15(16)14(4)21-22-20/h5-10,14H,22H2,1-4H3. The summed E-state index contributed by atoms with van der Waals surface area (Å²) in [5.41, 5.74) is 5.21. The van der Waals surface area contributed by atoms with Crippen molar-refractivity contribution in [2.45, 2.75) is 33.8 Å². The van der Waals surface area contributed by atoms with E-state index in [2.05, 4.69) is 0 Å². The normalized spacial score (nSPS) is 12.7. The van der Waals surface area contributed by atoms with E-state index >= 15 is 0 Å². The van der Waals surface area contributed by atoms with E-state index in [1.807, 2.05) is 58.0 Å². The first-order chi connectivity index (χ1) is 10.5. The second kappa shape index (κ2) is 7.04. The lowest BCUT2D eigenvalue weighted by molar-refractivity contribution is 0.103. The van der Waals surface area contributed by atoms with Crippen LogP contribution in [0.25, 0.3) is 0 Å². The summed E-state index contributed by atoms with van der Waals surface area (Å²) in [6.45, 7) is 7.75. The van der Waals surface area contributed by atoms with Crippen LogP contribution in [-0.4, -0.2) is 5.78 Å². The van der Waals surface area contributed by atoms with Crippen molar-refractivity contribution in [3.05, 3.63) is 69.8 Å². The molecule has 0 bridgehead atoms. The first-order valence-electron chi connectivity index (χ1n) is 7.26. The molecule has 2 rings (SSSR count). The molecule has 0 saturated carbocycles. The summed E-state index contributed by atoms with van der Waals surface area (Å²) in [4.78, 5) is 13.0. The molecule has 3 nitrogen and oxygen atoms in total. The lowest BCUT2D eigenvalue weighted by Gasteiger charge is -2.16. The number of rotatable bonds is 5. The molecule has 0 fully saturated rings. The maximum atomic E-state index is 13.0. The van der Waals surface area contributed by atoms with Crippen LogP contribution in [0.3, 0.4) is 0 Å². The van der Waals surface area contributed by atoms with Crippen molar-refractivity contribution in [1.82, 2.24) is 0 Å². The molecule has 0 spiro atoms. The molecule has 0 aliphatic heterocycles. The average Bonchev–Trinajstić information content (AvgIpc) is 2.46. The first-order valence-corrected chi connectivity index (χ1v) is 8.20. The van der Waals surface area contributed by atoms with E-state index in [0.717, 1.165) is 27.8 Å². The van der Waals surface area contributed by atoms with Gasteiger partial charge in [-0.3, -0.25) is 9.36 Å². The van der Waals surface area contributed by atoms with Crippen LogP contribution in [0, 0.1) is 20.8 Å². The molecule has 0 aliphatic carbocycles. The number of carbonyl (C=O) groups excluding carboxylic acids is 1. The Bertz CT molecular complexity index is 699. The lowest BCUT2D eigenvalue weighted by Crippen LogP contribution is -2.11. The highest BCUT2D eigenvalue weighted by atomic mass is 31.1. The summed E-state index contributed by atoms with van der Waals surface area (Å²) in [7, 11) is -1.31. The lowest BCUT2D eigenvalue weighted by atomic mass is 9.90. The molecule has 2 atom stereocenters. The smallest absolute Gasteiger partial charge is 0.193 e. The number of hydrogen-bond donors (Lipinski definition) is 0. The van der Waals surface area contributed by atoms with E-state index in [0.29, 0.717) is 5.56 Å². The minimum Gasteiger partial charge on any atom is -0.325 e. The van der Waals surface area contributed by atoms with Gasteiger partial charge < -0.3 is 4.52 Å². The van der Waals surface area contributed by atoms with Crippen LogP contribution in [0.1, 0.15) is 51.2 Å². The van der Waals surface area contributed by atoms with Gasteiger partial charge in [0, 0.05) is 11.1 Å². The molecule has 0 amide bonds. The Labute approximate surface area is 132 Å². The highest BCUT2D eigenvalue weighted by molar-refractivity contribution is 7.17. The third-order valence-electron chi connectivity index (χ3n) is 3.81. The first kappa shape index (κ1) is 16.7. The Balaban J connectivity index is 2.54. The summed E-state index contributed by atoms with van der Waals surface area (Å²) in [5.74, 6) is -0.0121. The molecule has 0 radical (unpaired) electrons. The SMILES string of the molecule is Cc1cc(C)c(C(=O)c2ccccc2C(C)O[PH2]=O)c(C)c1. The molecule has 4 heteroatoms. The molecule has 22 heavy (non-hydrogen) atoms. The van der Waals surface area contributed by atoms with Gasteiger partial charge in [0.15, 0.2) is 14.5 Å². The van der Waals surface area contributed by atoms with Gasteiger partial charge in [0.1, 0.15) is 0 Å². The van der Waals surface area contributed by atoms with Crippen molar-refractivity contribution >= 4 is 14.5 Å². The molecule has 116 valence electrons. The monoisotopic (exact) mass is 316 g/mol. The van der Waals surface area contributed by atoms with Crippen molar-refractivity contribution in [3.63, 3.8) is 0 Å². The van der Waals surface area contributed by atoms with E-state index in [9.17, 15) is 9.36 Å². The van der Waals surface area contributed by atoms with Crippen LogP contribution in [-0.2, 0) is 9.09 Å². The van der Waals surface area contributed by atoms with Crippen molar-refractivity contribution < 1.29 is 13.9 Å². The van der Waals surface area contributed by atoms with E-state index in [1.54, 1.807) is 6.07 Å². The maximum Gasteiger partial charge on any atom is 0.193 e. The Hall–Kier alpha value is -1.70. The summed E-state index contributed by atoms with van der Waals surface area (Å²) in [5, 5.41) is 0. The van der Waals surface area contributed by atoms with Gasteiger partial charge in [-0.15, -0.1) is 0 Å². The Morgan fingerprint density at radius 3 is 2.27 bits per heavy atom. The largest absolute Gasteiger partial charge is 0.325 e. The molecular weight excluding hydrogens is 295 g/mol. The predicted molar refractivity (Wildman–Crippen MR) is 90.4 cm³/mol. The van der Waals surface area contributed by atoms with Crippen LogP contribution in [0.4, 0.5) is 0 Å². The highest BCUT2D eigenvalue weighted by Gasteiger charge is 2.20. The van der Waals surface area contributed by atoms with Gasteiger partial charge in [-0.2, -0.15) is 0 Å². The van der Waals surface area contributed by atoms with Crippen LogP contribution < -0.4 is 0 Å². The van der Waals surface area contributed by atoms with Gasteiger partial charge in [-0.1, -0.05) is 42.0 Å². The molecule has 2 aromatic carbocycles. The minimum absolute atomic E-state index is 0.0121. The van der Waals surface area contributed by atoms with Gasteiger partial charge in [-0.25, -0.2) is 0 Å². The topological polar surface area (TPSA) is 43.4 Å². The van der Waals surface area contributed by atoms with Gasteiger partial charge in [0.2, 0.25) is 0 Å². The average molecular weight is 316 g/mol. The fourth-order valence-corrected chi connectivity index (χ4v) is 3.20. The fraction of sp³-hybridized carbons (Fsp3) is 0.278. The molecule has 0 aromatic heterocycles. The quantitative estimate of drug-likeness (QED) is 0.598. The van der Waals surface area contributed by atoms with Crippen LogP contribution >= 0.6 is 8.69 Å². The zero-order valence-electron chi connectivity index (χ0n) is 13.3. The van der Waals surface area contributed by atoms with Crippen molar-refractivity contribution in [1.29, 1.82) is 0 Å². The van der Waals surface area contributed by atoms with E-state index in [1.165, 1.54) is 0 Å². The van der Waals surface area contributed by atoms with Gasteiger partial charge in [0.25, 0.3) is 0 Å². The summed E-state index contributed by atoms with van der Waals surface area (Å²) < 4.78 is 16.0. The second-order valence-electron chi connectivity index (χ2n) is 5.56.